The summed E-state index contributed by atoms with van der Waals surface area (Å²) in [4.78, 5) is 23.4. The Bertz CT molecular complexity index is 1270. The molecule has 0 unspecified atom stereocenters. The van der Waals surface area contributed by atoms with E-state index >= 15 is 0 Å². The first-order valence-corrected chi connectivity index (χ1v) is 11.2. The molecule has 1 N–H and O–H groups in total. The second-order valence-corrected chi connectivity index (χ2v) is 7.99. The Morgan fingerprint density at radius 2 is 1.51 bits per heavy atom. The van der Waals surface area contributed by atoms with Crippen molar-refractivity contribution in [1.82, 2.24) is 9.97 Å². The molecular formula is C27H23FN4O3. The van der Waals surface area contributed by atoms with Gasteiger partial charge in [-0.05, 0) is 66.2 Å². The van der Waals surface area contributed by atoms with E-state index in [-0.39, 0.29) is 17.7 Å². The Kier molecular flexibility index (Phi) is 6.63. The van der Waals surface area contributed by atoms with E-state index in [1.165, 1.54) is 24.3 Å². The van der Waals surface area contributed by atoms with Crippen LogP contribution in [0, 0.1) is 5.82 Å². The summed E-state index contributed by atoms with van der Waals surface area (Å²) in [5, 5.41) is 2.93. The number of aromatic nitrogens is 2. The number of nitrogens with one attached hydrogen (secondary N) is 1. The molecule has 0 bridgehead atoms. The van der Waals surface area contributed by atoms with Crippen molar-refractivity contribution >= 4 is 17.3 Å². The van der Waals surface area contributed by atoms with E-state index in [0.717, 1.165) is 48.8 Å². The Morgan fingerprint density at radius 1 is 0.857 bits per heavy atom. The molecule has 1 saturated heterocycles. The van der Waals surface area contributed by atoms with Crippen molar-refractivity contribution in [1.29, 1.82) is 0 Å². The first-order valence-electron chi connectivity index (χ1n) is 11.2. The number of amides is 1. The molecule has 0 aliphatic carbocycles. The molecule has 2 heterocycles. The quantitative estimate of drug-likeness (QED) is 0.419. The number of nitrogens with zero attached hydrogens (tertiary/aromatic N) is 3. The molecule has 7 nitrogen and oxygen atoms in total. The first-order chi connectivity index (χ1) is 17.1. The van der Waals surface area contributed by atoms with Crippen LogP contribution in [0.25, 0.3) is 11.1 Å². The Morgan fingerprint density at radius 3 is 2.17 bits per heavy atom. The second kappa shape index (κ2) is 10.3. The molecule has 0 saturated carbocycles. The Labute approximate surface area is 202 Å². The number of anilines is 2. The lowest BCUT2D eigenvalue weighted by Crippen LogP contribution is -2.36. The minimum absolute atomic E-state index is 0.163. The van der Waals surface area contributed by atoms with Gasteiger partial charge in [-0.1, -0.05) is 12.1 Å². The van der Waals surface area contributed by atoms with Gasteiger partial charge in [-0.15, -0.1) is 0 Å². The summed E-state index contributed by atoms with van der Waals surface area (Å²) in [7, 11) is 0. The number of rotatable bonds is 6. The Balaban J connectivity index is 1.19. The minimum Gasteiger partial charge on any atom is -0.424 e. The minimum atomic E-state index is -0.340. The van der Waals surface area contributed by atoms with Crippen LogP contribution < -0.4 is 15.0 Å². The molecule has 5 rings (SSSR count). The van der Waals surface area contributed by atoms with Gasteiger partial charge < -0.3 is 19.7 Å². The highest BCUT2D eigenvalue weighted by molar-refractivity contribution is 6.04. The Hall–Kier alpha value is -4.30. The van der Waals surface area contributed by atoms with Gasteiger partial charge in [-0.3, -0.25) is 4.79 Å². The third kappa shape index (κ3) is 5.62. The van der Waals surface area contributed by atoms with E-state index in [9.17, 15) is 9.18 Å². The summed E-state index contributed by atoms with van der Waals surface area (Å²) in [6, 6.07) is 20.8. The first kappa shape index (κ1) is 22.5. The van der Waals surface area contributed by atoms with Gasteiger partial charge in [0, 0.05) is 48.0 Å². The second-order valence-electron chi connectivity index (χ2n) is 7.99. The van der Waals surface area contributed by atoms with Gasteiger partial charge in [0.1, 0.15) is 11.6 Å². The van der Waals surface area contributed by atoms with Crippen molar-refractivity contribution in [3.63, 3.8) is 0 Å². The van der Waals surface area contributed by atoms with Crippen LogP contribution in [-0.4, -0.2) is 42.2 Å². The van der Waals surface area contributed by atoms with E-state index in [2.05, 4.69) is 20.2 Å². The van der Waals surface area contributed by atoms with Crippen molar-refractivity contribution in [3.8, 4) is 22.9 Å². The molecule has 4 aromatic rings. The maximum Gasteiger partial charge on any atom is 0.321 e. The van der Waals surface area contributed by atoms with Crippen molar-refractivity contribution in [3.05, 3.63) is 96.6 Å². The fraction of sp³-hybridized carbons (Fsp3) is 0.148. The topological polar surface area (TPSA) is 76.6 Å². The zero-order chi connectivity index (χ0) is 24.0. The summed E-state index contributed by atoms with van der Waals surface area (Å²) >= 11 is 0. The molecule has 176 valence electrons. The van der Waals surface area contributed by atoms with E-state index in [1.807, 2.05) is 36.4 Å². The van der Waals surface area contributed by atoms with Gasteiger partial charge in [0.05, 0.1) is 13.2 Å². The van der Waals surface area contributed by atoms with E-state index in [4.69, 9.17) is 9.47 Å². The zero-order valence-corrected chi connectivity index (χ0v) is 18.9. The standard InChI is InChI=1S/C27H23FN4O3/c28-22-5-11-25(12-6-22)35-27-29-17-21(18-30-27)19-1-3-20(4-2-19)26(33)31-23-7-9-24(10-8-23)32-13-15-34-16-14-32/h1-12,17-18H,13-16H2,(H,31,33). The number of carbonyl (C=O) groups is 1. The van der Waals surface area contributed by atoms with Crippen LogP contribution in [0.4, 0.5) is 15.8 Å². The predicted octanol–water partition coefficient (Wildman–Crippen LogP) is 5.16. The number of carbonyl (C=O) groups excluding carboxylic acids is 1. The van der Waals surface area contributed by atoms with Gasteiger partial charge >= 0.3 is 6.01 Å². The summed E-state index contributed by atoms with van der Waals surface area (Å²) in [6.45, 7) is 3.20. The number of benzene rings is 3. The molecule has 0 atom stereocenters. The lowest BCUT2D eigenvalue weighted by atomic mass is 10.1. The van der Waals surface area contributed by atoms with E-state index in [1.54, 1.807) is 24.5 Å². The lowest BCUT2D eigenvalue weighted by molar-refractivity contribution is 0.102. The van der Waals surface area contributed by atoms with Crippen molar-refractivity contribution < 1.29 is 18.7 Å². The molecule has 3 aromatic carbocycles. The molecular weight excluding hydrogens is 447 g/mol. The summed E-state index contributed by atoms with van der Waals surface area (Å²) < 4.78 is 23.9. The molecule has 1 amide bonds. The molecule has 8 heteroatoms. The van der Waals surface area contributed by atoms with Crippen molar-refractivity contribution in [2.45, 2.75) is 0 Å². The number of morpholine rings is 1. The number of hydrogen-bond acceptors (Lipinski definition) is 6. The predicted molar refractivity (Wildman–Crippen MR) is 131 cm³/mol. The highest BCUT2D eigenvalue weighted by Gasteiger charge is 2.12. The van der Waals surface area contributed by atoms with Gasteiger partial charge in [0.15, 0.2) is 0 Å². The molecule has 1 aromatic heterocycles. The van der Waals surface area contributed by atoms with Crippen molar-refractivity contribution in [2.75, 3.05) is 36.5 Å². The molecule has 0 radical (unpaired) electrons. The fourth-order valence-electron chi connectivity index (χ4n) is 3.72. The third-order valence-electron chi connectivity index (χ3n) is 5.63. The van der Waals surface area contributed by atoms with Crippen LogP contribution >= 0.6 is 0 Å². The summed E-state index contributed by atoms with van der Waals surface area (Å²) in [5.41, 5.74) is 4.04. The van der Waals surface area contributed by atoms with Gasteiger partial charge in [-0.2, -0.15) is 0 Å². The van der Waals surface area contributed by atoms with Gasteiger partial charge in [0.25, 0.3) is 5.91 Å². The van der Waals surface area contributed by atoms with Crippen LogP contribution in [0.1, 0.15) is 10.4 Å². The van der Waals surface area contributed by atoms with Crippen molar-refractivity contribution in [2.24, 2.45) is 0 Å². The third-order valence-corrected chi connectivity index (χ3v) is 5.63. The van der Waals surface area contributed by atoms with E-state index in [0.29, 0.717) is 11.3 Å². The maximum absolute atomic E-state index is 13.0. The van der Waals surface area contributed by atoms with Crippen LogP contribution in [0.5, 0.6) is 11.8 Å². The highest BCUT2D eigenvalue weighted by atomic mass is 19.1. The molecule has 1 aliphatic heterocycles. The largest absolute Gasteiger partial charge is 0.424 e. The smallest absolute Gasteiger partial charge is 0.321 e. The fourth-order valence-corrected chi connectivity index (χ4v) is 3.72. The lowest BCUT2D eigenvalue weighted by Gasteiger charge is -2.28. The number of ether oxygens (including phenoxy) is 2. The molecule has 0 spiro atoms. The average molecular weight is 471 g/mol. The SMILES string of the molecule is O=C(Nc1ccc(N2CCOCC2)cc1)c1ccc(-c2cnc(Oc3ccc(F)cc3)nc2)cc1. The zero-order valence-electron chi connectivity index (χ0n) is 18.9. The van der Waals surface area contributed by atoms with Crippen LogP contribution in [-0.2, 0) is 4.74 Å². The molecule has 35 heavy (non-hydrogen) atoms. The maximum atomic E-state index is 13.0. The number of hydrogen-bond donors (Lipinski definition) is 1. The van der Waals surface area contributed by atoms with Gasteiger partial charge in [-0.25, -0.2) is 14.4 Å². The van der Waals surface area contributed by atoms with Crippen LogP contribution in [0.2, 0.25) is 0 Å². The molecule has 1 fully saturated rings. The molecule has 1 aliphatic rings. The van der Waals surface area contributed by atoms with Crippen LogP contribution in [0.3, 0.4) is 0 Å². The summed E-state index contributed by atoms with van der Waals surface area (Å²) in [5.74, 6) is -0.0763. The average Bonchev–Trinajstić information content (AvgIpc) is 2.91. The van der Waals surface area contributed by atoms with Gasteiger partial charge in [0.2, 0.25) is 0 Å². The summed E-state index contributed by atoms with van der Waals surface area (Å²) in [6.07, 6.45) is 3.27. The van der Waals surface area contributed by atoms with E-state index < -0.39 is 0 Å². The normalized spacial score (nSPS) is 13.3. The highest BCUT2D eigenvalue weighted by Crippen LogP contribution is 2.23. The number of halogens is 1. The monoisotopic (exact) mass is 470 g/mol. The van der Waals surface area contributed by atoms with Crippen LogP contribution in [0.15, 0.2) is 85.2 Å².